The second-order valence-electron chi connectivity index (χ2n) is 9.32. The van der Waals surface area contributed by atoms with Crippen molar-refractivity contribution in [1.82, 2.24) is 20.1 Å². The summed E-state index contributed by atoms with van der Waals surface area (Å²) in [5.41, 5.74) is 1.29. The highest BCUT2D eigenvalue weighted by atomic mass is 32.1. The third kappa shape index (κ3) is 5.75. The molecule has 2 aliphatic heterocycles. The summed E-state index contributed by atoms with van der Waals surface area (Å²) in [6, 6.07) is 0. The number of carbonyl (C=O) groups excluding carboxylic acids is 1. The van der Waals surface area contributed by atoms with Gasteiger partial charge in [0, 0.05) is 49.9 Å². The lowest BCUT2D eigenvalue weighted by atomic mass is 9.84. The molecular weight excluding hydrogens is 356 g/mol. The Labute approximate surface area is 168 Å². The minimum Gasteiger partial charge on any atom is -0.340 e. The molecule has 1 atom stereocenters. The van der Waals surface area contributed by atoms with Crippen molar-refractivity contribution in [3.63, 3.8) is 0 Å². The molecule has 0 saturated carbocycles. The van der Waals surface area contributed by atoms with Crippen LogP contribution in [0.2, 0.25) is 0 Å². The number of piperidine rings is 1. The minimum absolute atomic E-state index is 0.124. The zero-order valence-electron chi connectivity index (χ0n) is 17.5. The zero-order chi connectivity index (χ0) is 19.4. The van der Waals surface area contributed by atoms with Gasteiger partial charge in [-0.1, -0.05) is 27.7 Å². The summed E-state index contributed by atoms with van der Waals surface area (Å²) in [7, 11) is 0. The average molecular weight is 393 g/mol. The van der Waals surface area contributed by atoms with Gasteiger partial charge in [-0.2, -0.15) is 0 Å². The molecule has 1 unspecified atom stereocenters. The Bertz CT molecular complexity index is 610. The van der Waals surface area contributed by atoms with Gasteiger partial charge in [0.15, 0.2) is 0 Å². The van der Waals surface area contributed by atoms with E-state index in [0.717, 1.165) is 45.8 Å². The van der Waals surface area contributed by atoms with Crippen LogP contribution in [0.15, 0.2) is 5.38 Å². The maximum Gasteiger partial charge on any atom is 0.222 e. The van der Waals surface area contributed by atoms with Crippen molar-refractivity contribution in [2.45, 2.75) is 58.9 Å². The van der Waals surface area contributed by atoms with Crippen LogP contribution in [0, 0.1) is 11.8 Å². The van der Waals surface area contributed by atoms with Crippen molar-refractivity contribution in [3.8, 4) is 0 Å². The molecule has 0 radical (unpaired) electrons. The first kappa shape index (κ1) is 20.7. The van der Waals surface area contributed by atoms with Crippen LogP contribution in [0.4, 0.5) is 0 Å². The van der Waals surface area contributed by atoms with E-state index in [1.165, 1.54) is 23.5 Å². The Kier molecular flexibility index (Phi) is 6.93. The van der Waals surface area contributed by atoms with Gasteiger partial charge in [0.1, 0.15) is 0 Å². The summed E-state index contributed by atoms with van der Waals surface area (Å²) in [6.07, 6.45) is 3.14. The molecule has 6 heteroatoms. The summed E-state index contributed by atoms with van der Waals surface area (Å²) in [5, 5.41) is 6.82. The monoisotopic (exact) mass is 392 g/mol. The average Bonchev–Trinajstić information content (AvgIpc) is 3.12. The number of rotatable bonds is 5. The molecule has 1 aromatic heterocycles. The number of aromatic nitrogens is 1. The molecule has 2 aliphatic rings. The van der Waals surface area contributed by atoms with E-state index in [0.29, 0.717) is 24.2 Å². The van der Waals surface area contributed by atoms with Crippen molar-refractivity contribution in [2.24, 2.45) is 11.8 Å². The van der Waals surface area contributed by atoms with Crippen LogP contribution >= 0.6 is 11.3 Å². The van der Waals surface area contributed by atoms with Crippen molar-refractivity contribution >= 4 is 17.2 Å². The van der Waals surface area contributed by atoms with E-state index in [1.807, 2.05) is 0 Å². The van der Waals surface area contributed by atoms with Gasteiger partial charge in [0.25, 0.3) is 0 Å². The Morgan fingerprint density at radius 3 is 2.52 bits per heavy atom. The predicted molar refractivity (Wildman–Crippen MR) is 112 cm³/mol. The smallest absolute Gasteiger partial charge is 0.222 e. The van der Waals surface area contributed by atoms with Gasteiger partial charge in [0.2, 0.25) is 5.91 Å². The van der Waals surface area contributed by atoms with Crippen molar-refractivity contribution in [1.29, 1.82) is 0 Å². The molecule has 2 fully saturated rings. The molecule has 1 N–H and O–H groups in total. The topological polar surface area (TPSA) is 48.5 Å². The number of piperazine rings is 1. The highest BCUT2D eigenvalue weighted by Crippen LogP contribution is 2.27. The largest absolute Gasteiger partial charge is 0.340 e. The van der Waals surface area contributed by atoms with Gasteiger partial charge in [-0.3, -0.25) is 9.69 Å². The number of nitrogens with zero attached hydrogens (tertiary/aromatic N) is 3. The number of amides is 1. The predicted octanol–water partition coefficient (Wildman–Crippen LogP) is 3.11. The van der Waals surface area contributed by atoms with E-state index in [-0.39, 0.29) is 5.41 Å². The first-order chi connectivity index (χ1) is 12.8. The van der Waals surface area contributed by atoms with Gasteiger partial charge >= 0.3 is 0 Å². The normalized spacial score (nSPS) is 21.4. The van der Waals surface area contributed by atoms with E-state index >= 15 is 0 Å². The standard InChI is InChI=1S/C21H36N4OS/c1-16(17-5-7-22-8-6-17)13-19(26)25-11-9-24(10-12-25)14-18-15-27-20(23-18)21(2,3)4/h15-17,22H,5-14H2,1-4H3. The zero-order valence-corrected chi connectivity index (χ0v) is 18.3. The highest BCUT2D eigenvalue weighted by molar-refractivity contribution is 7.09. The molecule has 152 valence electrons. The fourth-order valence-electron chi connectivity index (χ4n) is 4.09. The maximum absolute atomic E-state index is 12.7. The Morgan fingerprint density at radius 2 is 1.93 bits per heavy atom. The fourth-order valence-corrected chi connectivity index (χ4v) is 4.99. The molecule has 0 bridgehead atoms. The van der Waals surface area contributed by atoms with Gasteiger partial charge in [-0.15, -0.1) is 11.3 Å². The van der Waals surface area contributed by atoms with E-state index in [2.05, 4.69) is 48.2 Å². The van der Waals surface area contributed by atoms with Gasteiger partial charge in [0.05, 0.1) is 10.7 Å². The lowest BCUT2D eigenvalue weighted by Crippen LogP contribution is -2.48. The molecule has 2 saturated heterocycles. The molecular formula is C21H36N4OS. The second kappa shape index (κ2) is 9.01. The van der Waals surface area contributed by atoms with Crippen LogP contribution in [0.1, 0.15) is 57.7 Å². The van der Waals surface area contributed by atoms with Gasteiger partial charge in [-0.05, 0) is 37.8 Å². The first-order valence-electron chi connectivity index (χ1n) is 10.5. The SMILES string of the molecule is CC(CC(=O)N1CCN(Cc2csc(C(C)(C)C)n2)CC1)C1CCNCC1. The molecule has 1 aromatic rings. The highest BCUT2D eigenvalue weighted by Gasteiger charge is 2.27. The summed E-state index contributed by atoms with van der Waals surface area (Å²) in [4.78, 5) is 22.0. The summed E-state index contributed by atoms with van der Waals surface area (Å²) >= 11 is 1.76. The van der Waals surface area contributed by atoms with E-state index in [4.69, 9.17) is 4.98 Å². The Hall–Kier alpha value is -0.980. The number of hydrogen-bond donors (Lipinski definition) is 1. The van der Waals surface area contributed by atoms with Crippen LogP contribution in [-0.2, 0) is 16.8 Å². The lowest BCUT2D eigenvalue weighted by Gasteiger charge is -2.36. The lowest BCUT2D eigenvalue weighted by molar-refractivity contribution is -0.134. The Morgan fingerprint density at radius 1 is 1.26 bits per heavy atom. The van der Waals surface area contributed by atoms with Crippen molar-refractivity contribution < 1.29 is 4.79 Å². The van der Waals surface area contributed by atoms with Gasteiger partial charge < -0.3 is 10.2 Å². The van der Waals surface area contributed by atoms with Crippen LogP contribution < -0.4 is 5.32 Å². The third-order valence-corrected chi connectivity index (χ3v) is 7.31. The summed E-state index contributed by atoms with van der Waals surface area (Å²) in [6.45, 7) is 15.6. The summed E-state index contributed by atoms with van der Waals surface area (Å²) < 4.78 is 0. The molecule has 0 aliphatic carbocycles. The summed E-state index contributed by atoms with van der Waals surface area (Å²) in [5.74, 6) is 1.56. The van der Waals surface area contributed by atoms with Gasteiger partial charge in [-0.25, -0.2) is 4.98 Å². The van der Waals surface area contributed by atoms with Crippen molar-refractivity contribution in [3.05, 3.63) is 16.1 Å². The number of hydrogen-bond acceptors (Lipinski definition) is 5. The molecule has 27 heavy (non-hydrogen) atoms. The molecule has 1 amide bonds. The van der Waals surface area contributed by atoms with Crippen LogP contribution in [0.3, 0.4) is 0 Å². The maximum atomic E-state index is 12.7. The minimum atomic E-state index is 0.124. The van der Waals surface area contributed by atoms with Crippen LogP contribution in [0.25, 0.3) is 0 Å². The molecule has 0 spiro atoms. The third-order valence-electron chi connectivity index (χ3n) is 5.99. The first-order valence-corrected chi connectivity index (χ1v) is 11.4. The number of nitrogens with one attached hydrogen (secondary N) is 1. The van der Waals surface area contributed by atoms with E-state index in [9.17, 15) is 4.79 Å². The number of carbonyl (C=O) groups is 1. The molecule has 3 heterocycles. The molecule has 0 aromatic carbocycles. The van der Waals surface area contributed by atoms with E-state index in [1.54, 1.807) is 11.3 Å². The molecule has 3 rings (SSSR count). The quantitative estimate of drug-likeness (QED) is 0.836. The van der Waals surface area contributed by atoms with E-state index < -0.39 is 0 Å². The number of thiazole rings is 1. The van der Waals surface area contributed by atoms with Crippen LogP contribution in [0.5, 0.6) is 0 Å². The Balaban J connectivity index is 1.43. The van der Waals surface area contributed by atoms with Crippen molar-refractivity contribution in [2.75, 3.05) is 39.3 Å². The fraction of sp³-hybridized carbons (Fsp3) is 0.810. The molecule has 5 nitrogen and oxygen atoms in total. The van der Waals surface area contributed by atoms with Crippen LogP contribution in [-0.4, -0.2) is 60.0 Å². The second-order valence-corrected chi connectivity index (χ2v) is 10.2.